The van der Waals surface area contributed by atoms with E-state index in [0.717, 1.165) is 16.7 Å². The van der Waals surface area contributed by atoms with E-state index in [4.69, 9.17) is 18.9 Å². The summed E-state index contributed by atoms with van der Waals surface area (Å²) in [6, 6.07) is 13.1. The molecule has 0 aromatic heterocycles. The molecular weight excluding hydrogens is 549 g/mol. The number of aliphatic hydroxyl groups is 1. The van der Waals surface area contributed by atoms with Crippen molar-refractivity contribution in [2.24, 2.45) is 0 Å². The van der Waals surface area contributed by atoms with Gasteiger partial charge in [-0.05, 0) is 91.8 Å². The van der Waals surface area contributed by atoms with Gasteiger partial charge in [-0.2, -0.15) is 13.2 Å². The van der Waals surface area contributed by atoms with Gasteiger partial charge in [0.15, 0.2) is 0 Å². The topological polar surface area (TPSA) is 74.2 Å². The van der Waals surface area contributed by atoms with Crippen LogP contribution in [0.3, 0.4) is 0 Å². The normalized spacial score (nSPS) is 17.8. The molecule has 3 aromatic carbocycles. The van der Waals surface area contributed by atoms with Gasteiger partial charge in [0.2, 0.25) is 0 Å². The number of esters is 1. The van der Waals surface area contributed by atoms with Gasteiger partial charge in [-0.15, -0.1) is 0 Å². The van der Waals surface area contributed by atoms with Gasteiger partial charge in [0, 0.05) is 24.0 Å². The van der Waals surface area contributed by atoms with Crippen LogP contribution in [0.25, 0.3) is 11.1 Å². The number of rotatable bonds is 9. The molecule has 1 N–H and O–H groups in total. The van der Waals surface area contributed by atoms with Gasteiger partial charge in [-0.25, -0.2) is 0 Å². The maximum atomic E-state index is 14.1. The Balaban J connectivity index is 1.41. The van der Waals surface area contributed by atoms with Crippen molar-refractivity contribution in [3.05, 3.63) is 76.3 Å². The van der Waals surface area contributed by atoms with E-state index < -0.39 is 23.4 Å². The molecule has 1 heterocycles. The van der Waals surface area contributed by atoms with E-state index in [2.05, 4.69) is 0 Å². The molecule has 3 aromatic rings. The van der Waals surface area contributed by atoms with Gasteiger partial charge in [0.1, 0.15) is 23.4 Å². The fourth-order valence-electron chi connectivity index (χ4n) is 5.61. The van der Waals surface area contributed by atoms with E-state index in [-0.39, 0.29) is 18.3 Å². The van der Waals surface area contributed by atoms with Crippen LogP contribution in [-0.4, -0.2) is 37.0 Å². The smallest absolute Gasteiger partial charge is 0.416 e. The zero-order valence-corrected chi connectivity index (χ0v) is 24.1. The molecule has 1 aliphatic heterocycles. The number of aryl methyl sites for hydroxylation is 1. The Morgan fingerprint density at radius 2 is 1.79 bits per heavy atom. The monoisotopic (exact) mass is 584 g/mol. The molecule has 0 saturated carbocycles. The van der Waals surface area contributed by atoms with Crippen LogP contribution in [0.5, 0.6) is 17.2 Å². The quantitative estimate of drug-likeness (QED) is 0.266. The lowest BCUT2D eigenvalue weighted by molar-refractivity contribution is -0.141. The molecule has 2 atom stereocenters. The number of carbonyl (C=O) groups is 1. The first-order valence-electron chi connectivity index (χ1n) is 14.0. The van der Waals surface area contributed by atoms with Gasteiger partial charge in [-0.3, -0.25) is 4.79 Å². The van der Waals surface area contributed by atoms with Crippen molar-refractivity contribution in [1.82, 2.24) is 0 Å². The molecular formula is C33H35F3O6. The van der Waals surface area contributed by atoms with E-state index in [1.807, 2.05) is 19.1 Å². The molecule has 42 heavy (non-hydrogen) atoms. The maximum Gasteiger partial charge on any atom is 0.416 e. The summed E-state index contributed by atoms with van der Waals surface area (Å²) < 4.78 is 64.8. The first-order chi connectivity index (χ1) is 19.8. The summed E-state index contributed by atoms with van der Waals surface area (Å²) in [6.45, 7) is 5.93. The van der Waals surface area contributed by atoms with Crippen molar-refractivity contribution in [1.29, 1.82) is 0 Å². The van der Waals surface area contributed by atoms with Gasteiger partial charge >= 0.3 is 12.1 Å². The van der Waals surface area contributed by atoms with Gasteiger partial charge in [0.05, 0.1) is 37.9 Å². The highest BCUT2D eigenvalue weighted by molar-refractivity contribution is 5.74. The van der Waals surface area contributed by atoms with E-state index in [1.54, 1.807) is 38.1 Å². The molecule has 0 radical (unpaired) electrons. The van der Waals surface area contributed by atoms with Crippen molar-refractivity contribution in [3.63, 3.8) is 0 Å². The predicted molar refractivity (Wildman–Crippen MR) is 151 cm³/mol. The van der Waals surface area contributed by atoms with E-state index >= 15 is 0 Å². The minimum atomic E-state index is -4.53. The lowest BCUT2D eigenvalue weighted by Gasteiger charge is -2.20. The third-order valence-electron chi connectivity index (χ3n) is 7.87. The molecule has 224 valence electrons. The highest BCUT2D eigenvalue weighted by Crippen LogP contribution is 2.46. The third-order valence-corrected chi connectivity index (χ3v) is 7.87. The molecule has 0 fully saturated rings. The molecule has 6 nitrogen and oxygen atoms in total. The molecule has 0 spiro atoms. The van der Waals surface area contributed by atoms with Crippen LogP contribution in [-0.2, 0) is 22.1 Å². The summed E-state index contributed by atoms with van der Waals surface area (Å²) in [5.74, 6) is 1.25. The summed E-state index contributed by atoms with van der Waals surface area (Å²) in [5, 5.41) is 9.92. The number of alkyl halides is 3. The summed E-state index contributed by atoms with van der Waals surface area (Å²) in [4.78, 5) is 11.7. The largest absolute Gasteiger partial charge is 0.493 e. The minimum Gasteiger partial charge on any atom is -0.493 e. The number of methoxy groups -OCH3 is 1. The van der Waals surface area contributed by atoms with E-state index in [9.17, 15) is 23.1 Å². The fourth-order valence-corrected chi connectivity index (χ4v) is 5.61. The second-order valence-electron chi connectivity index (χ2n) is 11.6. The number of ether oxygens (including phenoxy) is 4. The Morgan fingerprint density at radius 3 is 2.48 bits per heavy atom. The van der Waals surface area contributed by atoms with Gasteiger partial charge < -0.3 is 24.1 Å². The van der Waals surface area contributed by atoms with Crippen LogP contribution < -0.4 is 14.2 Å². The van der Waals surface area contributed by atoms with Crippen molar-refractivity contribution in [2.75, 3.05) is 20.3 Å². The zero-order valence-electron chi connectivity index (χ0n) is 24.1. The first-order valence-corrected chi connectivity index (χ1v) is 14.0. The average molecular weight is 585 g/mol. The van der Waals surface area contributed by atoms with Crippen molar-refractivity contribution in [2.45, 2.75) is 70.3 Å². The fraction of sp³-hybridized carbons (Fsp3) is 0.424. The number of fused-ring (bicyclic) bond motifs is 2. The molecule has 0 saturated heterocycles. The maximum absolute atomic E-state index is 14.1. The summed E-state index contributed by atoms with van der Waals surface area (Å²) in [6.07, 6.45) is -3.34. The standard InChI is InChI=1S/C33H35F3O6/c1-19-13-22(40-12-11-32(2,3)38)5-7-24(19)27-15-21(33(34,35)36)16-28-26(27)9-10-29(28)42-23-6-8-25-20(14-31(37)39-4)18-41-30(25)17-23/h5-8,13,15-17,20,29,38H,9-12,14,18H2,1-4H3/t20-,29?/m1/s1. The SMILES string of the molecule is COC(=O)C[C@@H]1COc2cc(OC3CCc4c(-c5ccc(OCCC(C)(C)O)cc5C)cc(C(F)(F)F)cc43)ccc21. The molecule has 5 rings (SSSR count). The number of halogens is 3. The lowest BCUT2D eigenvalue weighted by Crippen LogP contribution is -2.21. The van der Waals surface area contributed by atoms with Crippen molar-refractivity contribution < 1.29 is 42.0 Å². The predicted octanol–water partition coefficient (Wildman–Crippen LogP) is 7.33. The molecule has 0 bridgehead atoms. The summed E-state index contributed by atoms with van der Waals surface area (Å²) in [7, 11) is 1.34. The summed E-state index contributed by atoms with van der Waals surface area (Å²) in [5.41, 5.74) is 2.69. The molecule has 2 aliphatic rings. The molecule has 0 amide bonds. The van der Waals surface area contributed by atoms with Crippen LogP contribution in [0.15, 0.2) is 48.5 Å². The van der Waals surface area contributed by atoms with Crippen LogP contribution in [0, 0.1) is 6.92 Å². The Morgan fingerprint density at radius 1 is 1.02 bits per heavy atom. The van der Waals surface area contributed by atoms with E-state index in [0.29, 0.717) is 66.4 Å². The van der Waals surface area contributed by atoms with Gasteiger partial charge in [0.25, 0.3) is 0 Å². The van der Waals surface area contributed by atoms with Crippen LogP contribution in [0.2, 0.25) is 0 Å². The second kappa shape index (κ2) is 11.5. The third kappa shape index (κ3) is 6.51. The van der Waals surface area contributed by atoms with Crippen LogP contribution in [0.1, 0.15) is 72.9 Å². The zero-order chi connectivity index (χ0) is 30.2. The Kier molecular flexibility index (Phi) is 8.16. The summed E-state index contributed by atoms with van der Waals surface area (Å²) >= 11 is 0. The number of carbonyl (C=O) groups excluding carboxylic acids is 1. The highest BCUT2D eigenvalue weighted by atomic mass is 19.4. The lowest BCUT2D eigenvalue weighted by atomic mass is 9.91. The Bertz CT molecular complexity index is 1470. The number of hydrogen-bond acceptors (Lipinski definition) is 6. The Labute approximate surface area is 243 Å². The molecule has 1 aliphatic carbocycles. The highest BCUT2D eigenvalue weighted by Gasteiger charge is 2.36. The van der Waals surface area contributed by atoms with Crippen LogP contribution >= 0.6 is 0 Å². The second-order valence-corrected chi connectivity index (χ2v) is 11.6. The van der Waals surface area contributed by atoms with Crippen LogP contribution in [0.4, 0.5) is 13.2 Å². The van der Waals surface area contributed by atoms with Gasteiger partial charge in [-0.1, -0.05) is 12.1 Å². The minimum absolute atomic E-state index is 0.118. The van der Waals surface area contributed by atoms with E-state index in [1.165, 1.54) is 19.2 Å². The van der Waals surface area contributed by atoms with Crippen molar-refractivity contribution in [3.8, 4) is 28.4 Å². The number of hydrogen-bond donors (Lipinski definition) is 1. The average Bonchev–Trinajstić information content (AvgIpc) is 3.51. The first kappa shape index (κ1) is 29.8. The van der Waals surface area contributed by atoms with Crippen molar-refractivity contribution >= 4 is 5.97 Å². The molecule has 1 unspecified atom stereocenters. The number of benzene rings is 3. The molecule has 9 heteroatoms. The Hall–Kier alpha value is -3.72.